The normalized spacial score (nSPS) is 16.0. The fourth-order valence-corrected chi connectivity index (χ4v) is 3.96. The lowest BCUT2D eigenvalue weighted by molar-refractivity contribution is 0.102. The van der Waals surface area contributed by atoms with Crippen molar-refractivity contribution in [3.8, 4) is 0 Å². The monoisotopic (exact) mass is 362 g/mol. The van der Waals surface area contributed by atoms with E-state index in [4.69, 9.17) is 0 Å². The predicted molar refractivity (Wildman–Crippen MR) is 109 cm³/mol. The van der Waals surface area contributed by atoms with Gasteiger partial charge in [0.1, 0.15) is 5.82 Å². The maximum Gasteiger partial charge on any atom is 0.257 e. The lowest BCUT2D eigenvalue weighted by atomic mass is 10.00. The van der Waals surface area contributed by atoms with Crippen LogP contribution in [0.2, 0.25) is 0 Å². The number of amides is 1. The molecule has 3 aromatic rings. The maximum absolute atomic E-state index is 13.1. The summed E-state index contributed by atoms with van der Waals surface area (Å²) in [5, 5.41) is 9.88. The van der Waals surface area contributed by atoms with Gasteiger partial charge in [0.05, 0.1) is 11.7 Å². The number of carbonyl (C=O) groups excluding carboxylic acids is 1. The summed E-state index contributed by atoms with van der Waals surface area (Å²) in [4.78, 5) is 15.4. The van der Waals surface area contributed by atoms with Crippen molar-refractivity contribution in [3.63, 3.8) is 0 Å². The number of aromatic nitrogens is 2. The first-order valence-electron chi connectivity index (χ1n) is 9.57. The molecule has 1 amide bonds. The molecule has 0 unspecified atom stereocenters. The van der Waals surface area contributed by atoms with E-state index in [9.17, 15) is 4.79 Å². The van der Waals surface area contributed by atoms with E-state index < -0.39 is 0 Å². The summed E-state index contributed by atoms with van der Waals surface area (Å²) >= 11 is 0. The van der Waals surface area contributed by atoms with E-state index in [0.717, 1.165) is 48.2 Å². The molecule has 5 heteroatoms. The van der Waals surface area contributed by atoms with Gasteiger partial charge in [-0.25, -0.2) is 4.68 Å². The minimum absolute atomic E-state index is 0.0831. The molecule has 0 atom stereocenters. The number of carbonyl (C=O) groups is 1. The van der Waals surface area contributed by atoms with E-state index in [1.165, 1.54) is 5.56 Å². The molecule has 0 aliphatic carbocycles. The van der Waals surface area contributed by atoms with Crippen molar-refractivity contribution in [2.75, 3.05) is 25.5 Å². The van der Waals surface area contributed by atoms with Gasteiger partial charge in [0.2, 0.25) is 0 Å². The van der Waals surface area contributed by atoms with Crippen molar-refractivity contribution in [1.82, 2.24) is 14.7 Å². The van der Waals surface area contributed by atoms with Gasteiger partial charge in [0.15, 0.2) is 0 Å². The molecule has 4 rings (SSSR count). The van der Waals surface area contributed by atoms with E-state index in [0.29, 0.717) is 11.6 Å². The number of likely N-dealkylation sites (tertiary alicyclic amines) is 1. The molecular weight excluding hydrogens is 336 g/mol. The van der Waals surface area contributed by atoms with Crippen LogP contribution in [0.4, 0.5) is 5.82 Å². The van der Waals surface area contributed by atoms with Crippen LogP contribution in [-0.2, 0) is 0 Å². The fourth-order valence-electron chi connectivity index (χ4n) is 3.96. The van der Waals surface area contributed by atoms with Gasteiger partial charge >= 0.3 is 0 Å². The Morgan fingerprint density at radius 2 is 1.78 bits per heavy atom. The Hall–Kier alpha value is -2.66. The molecule has 1 aromatic heterocycles. The highest BCUT2D eigenvalue weighted by atomic mass is 16.1. The summed E-state index contributed by atoms with van der Waals surface area (Å²) in [6.07, 6.45) is 2.10. The number of hydrogen-bond acceptors (Lipinski definition) is 3. The Balaban J connectivity index is 1.64. The van der Waals surface area contributed by atoms with Crippen LogP contribution in [0.15, 0.2) is 42.5 Å². The van der Waals surface area contributed by atoms with Gasteiger partial charge in [0, 0.05) is 11.6 Å². The molecule has 2 heterocycles. The molecule has 0 radical (unpaired) electrons. The number of anilines is 1. The molecule has 0 bridgehead atoms. The first-order valence-corrected chi connectivity index (χ1v) is 9.57. The molecule has 1 N–H and O–H groups in total. The summed E-state index contributed by atoms with van der Waals surface area (Å²) in [6.45, 7) is 6.16. The van der Waals surface area contributed by atoms with Gasteiger partial charge in [-0.1, -0.05) is 30.3 Å². The Morgan fingerprint density at radius 3 is 2.52 bits per heavy atom. The Labute approximate surface area is 160 Å². The van der Waals surface area contributed by atoms with Crippen LogP contribution in [0, 0.1) is 13.8 Å². The number of nitrogens with zero attached hydrogens (tertiary/aromatic N) is 3. The highest BCUT2D eigenvalue weighted by Gasteiger charge is 2.23. The van der Waals surface area contributed by atoms with E-state index in [1.807, 2.05) is 48.0 Å². The standard InChI is InChI=1S/C22H26N4O/c1-15-8-9-20(19-7-5-4-6-18(15)19)22(27)23-21-14-16(2)24-26(21)17-10-12-25(3)13-11-17/h4-9,14,17H,10-13H2,1-3H3,(H,23,27). The topological polar surface area (TPSA) is 50.2 Å². The Bertz CT molecular complexity index is 983. The quantitative estimate of drug-likeness (QED) is 0.761. The molecule has 0 spiro atoms. The third-order valence-corrected chi connectivity index (χ3v) is 5.52. The number of fused-ring (bicyclic) bond motifs is 1. The van der Waals surface area contributed by atoms with Crippen molar-refractivity contribution in [3.05, 3.63) is 59.3 Å². The smallest absolute Gasteiger partial charge is 0.257 e. The lowest BCUT2D eigenvalue weighted by Gasteiger charge is -2.30. The van der Waals surface area contributed by atoms with Crippen LogP contribution in [0.25, 0.3) is 10.8 Å². The fraction of sp³-hybridized carbons (Fsp3) is 0.364. The molecule has 1 aliphatic rings. The van der Waals surface area contributed by atoms with E-state index in [-0.39, 0.29) is 5.91 Å². The zero-order chi connectivity index (χ0) is 19.0. The summed E-state index contributed by atoms with van der Waals surface area (Å²) in [6, 6.07) is 14.3. The second-order valence-corrected chi connectivity index (χ2v) is 7.58. The van der Waals surface area contributed by atoms with Crippen molar-refractivity contribution in [1.29, 1.82) is 0 Å². The van der Waals surface area contributed by atoms with Gasteiger partial charge in [-0.05, 0) is 69.2 Å². The van der Waals surface area contributed by atoms with E-state index in [1.54, 1.807) is 0 Å². The van der Waals surface area contributed by atoms with Gasteiger partial charge in [-0.2, -0.15) is 5.10 Å². The minimum atomic E-state index is -0.0831. The van der Waals surface area contributed by atoms with Gasteiger partial charge in [-0.3, -0.25) is 4.79 Å². The average molecular weight is 362 g/mol. The number of rotatable bonds is 3. The first-order chi connectivity index (χ1) is 13.0. The van der Waals surface area contributed by atoms with Crippen molar-refractivity contribution < 1.29 is 4.79 Å². The minimum Gasteiger partial charge on any atom is -0.307 e. The van der Waals surface area contributed by atoms with Crippen LogP contribution in [0.5, 0.6) is 0 Å². The van der Waals surface area contributed by atoms with Crippen molar-refractivity contribution in [2.24, 2.45) is 0 Å². The second kappa shape index (κ2) is 7.16. The maximum atomic E-state index is 13.1. The van der Waals surface area contributed by atoms with Crippen LogP contribution in [0.3, 0.4) is 0 Å². The van der Waals surface area contributed by atoms with Gasteiger partial charge in [-0.15, -0.1) is 0 Å². The van der Waals surface area contributed by atoms with Crippen LogP contribution in [0.1, 0.15) is 40.5 Å². The summed E-state index contributed by atoms with van der Waals surface area (Å²) in [5.74, 6) is 0.706. The molecule has 5 nitrogen and oxygen atoms in total. The Morgan fingerprint density at radius 1 is 1.07 bits per heavy atom. The number of nitrogens with one attached hydrogen (secondary N) is 1. The number of hydrogen-bond donors (Lipinski definition) is 1. The lowest BCUT2D eigenvalue weighted by Crippen LogP contribution is -2.32. The molecule has 1 saturated heterocycles. The largest absolute Gasteiger partial charge is 0.307 e. The third-order valence-electron chi connectivity index (χ3n) is 5.52. The summed E-state index contributed by atoms with van der Waals surface area (Å²) < 4.78 is 2.01. The zero-order valence-corrected chi connectivity index (χ0v) is 16.2. The molecule has 0 saturated carbocycles. The Kier molecular flexibility index (Phi) is 4.70. The van der Waals surface area contributed by atoms with E-state index >= 15 is 0 Å². The first kappa shape index (κ1) is 17.7. The number of aryl methyl sites for hydroxylation is 2. The third kappa shape index (κ3) is 3.47. The second-order valence-electron chi connectivity index (χ2n) is 7.58. The molecular formula is C22H26N4O. The number of piperidine rings is 1. The molecule has 27 heavy (non-hydrogen) atoms. The molecule has 1 aliphatic heterocycles. The summed E-state index contributed by atoms with van der Waals surface area (Å²) in [7, 11) is 2.15. The van der Waals surface area contributed by atoms with Crippen LogP contribution < -0.4 is 5.32 Å². The highest BCUT2D eigenvalue weighted by Crippen LogP contribution is 2.27. The zero-order valence-electron chi connectivity index (χ0n) is 16.2. The summed E-state index contributed by atoms with van der Waals surface area (Å²) in [5.41, 5.74) is 2.80. The van der Waals surface area contributed by atoms with Gasteiger partial charge in [0.25, 0.3) is 5.91 Å². The predicted octanol–water partition coefficient (Wildman–Crippen LogP) is 4.17. The van der Waals surface area contributed by atoms with Crippen LogP contribution >= 0.6 is 0 Å². The molecule has 1 fully saturated rings. The van der Waals surface area contributed by atoms with Crippen molar-refractivity contribution >= 4 is 22.5 Å². The van der Waals surface area contributed by atoms with Crippen molar-refractivity contribution in [2.45, 2.75) is 32.7 Å². The molecule has 2 aromatic carbocycles. The van der Waals surface area contributed by atoms with Gasteiger partial charge < -0.3 is 10.2 Å². The SMILES string of the molecule is Cc1cc(NC(=O)c2ccc(C)c3ccccc23)n(C2CCN(C)CC2)n1. The van der Waals surface area contributed by atoms with E-state index in [2.05, 4.69) is 35.4 Å². The average Bonchev–Trinajstić information content (AvgIpc) is 3.03. The number of benzene rings is 2. The highest BCUT2D eigenvalue weighted by molar-refractivity contribution is 6.13. The molecule has 140 valence electrons. The van der Waals surface area contributed by atoms with Crippen LogP contribution in [-0.4, -0.2) is 40.7 Å².